The summed E-state index contributed by atoms with van der Waals surface area (Å²) in [5.41, 5.74) is -0.958. The van der Waals surface area contributed by atoms with Crippen LogP contribution in [0, 0.1) is 0 Å². The molecule has 0 aliphatic rings. The fourth-order valence-electron chi connectivity index (χ4n) is 2.52. The van der Waals surface area contributed by atoms with Crippen molar-refractivity contribution in [1.82, 2.24) is 4.72 Å². The molecule has 0 aliphatic carbocycles. The molecule has 0 saturated heterocycles. The van der Waals surface area contributed by atoms with Gasteiger partial charge in [-0.2, -0.15) is 38.4 Å². The number of ether oxygens (including phenoxy) is 1. The van der Waals surface area contributed by atoms with Crippen molar-refractivity contribution in [2.24, 2.45) is 0 Å². The van der Waals surface area contributed by atoms with Crippen LogP contribution in [0.15, 0.2) is 53.4 Å². The second kappa shape index (κ2) is 11.0. The molecule has 0 aromatic heterocycles. The normalized spacial score (nSPS) is 13.1. The minimum Gasteiger partial charge on any atom is -0.435 e. The van der Waals surface area contributed by atoms with Crippen molar-refractivity contribution in [2.75, 3.05) is 17.3 Å². The lowest BCUT2D eigenvalue weighted by Gasteiger charge is -2.19. The molecular formula is C19H19F5N2O4S2. The third-order valence-corrected chi connectivity index (χ3v) is 6.16. The van der Waals surface area contributed by atoms with Crippen molar-refractivity contribution in [3.8, 4) is 5.75 Å². The van der Waals surface area contributed by atoms with Crippen molar-refractivity contribution >= 4 is 33.4 Å². The predicted octanol–water partition coefficient (Wildman–Crippen LogP) is 4.35. The number of sulfonamides is 1. The molecule has 13 heteroatoms. The minimum atomic E-state index is -4.73. The highest BCUT2D eigenvalue weighted by molar-refractivity contribution is 7.98. The van der Waals surface area contributed by atoms with Gasteiger partial charge in [0.25, 0.3) is 0 Å². The van der Waals surface area contributed by atoms with Gasteiger partial charge in [0.15, 0.2) is 0 Å². The van der Waals surface area contributed by atoms with Crippen LogP contribution in [0.5, 0.6) is 5.75 Å². The Morgan fingerprint density at radius 3 is 2.34 bits per heavy atom. The number of halogens is 5. The SMILES string of the molecule is CSCC[C@H](NS(=O)(=O)c1cccc(C(F)(F)F)c1)C(=O)Nc1ccc(OC(F)F)cc1. The van der Waals surface area contributed by atoms with Gasteiger partial charge in [0.2, 0.25) is 15.9 Å². The highest BCUT2D eigenvalue weighted by Crippen LogP contribution is 2.30. The number of amides is 1. The van der Waals surface area contributed by atoms with E-state index in [0.29, 0.717) is 11.8 Å². The highest BCUT2D eigenvalue weighted by Gasteiger charge is 2.32. The van der Waals surface area contributed by atoms with Crippen LogP contribution >= 0.6 is 11.8 Å². The third kappa shape index (κ3) is 7.64. The van der Waals surface area contributed by atoms with Crippen molar-refractivity contribution in [3.05, 3.63) is 54.1 Å². The first-order chi connectivity index (χ1) is 14.9. The summed E-state index contributed by atoms with van der Waals surface area (Å²) in [5.74, 6) is -0.524. The summed E-state index contributed by atoms with van der Waals surface area (Å²) in [6.45, 7) is -3.02. The molecule has 2 aromatic carbocycles. The van der Waals surface area contributed by atoms with Crippen LogP contribution in [-0.2, 0) is 21.0 Å². The van der Waals surface area contributed by atoms with Gasteiger partial charge in [0.05, 0.1) is 10.5 Å². The predicted molar refractivity (Wildman–Crippen MR) is 110 cm³/mol. The van der Waals surface area contributed by atoms with Gasteiger partial charge in [-0.3, -0.25) is 4.79 Å². The molecule has 0 radical (unpaired) electrons. The van der Waals surface area contributed by atoms with Gasteiger partial charge < -0.3 is 10.1 Å². The number of alkyl halides is 5. The molecule has 6 nitrogen and oxygen atoms in total. The smallest absolute Gasteiger partial charge is 0.416 e. The van der Waals surface area contributed by atoms with Crippen LogP contribution in [-0.4, -0.2) is 39.0 Å². The molecule has 2 N–H and O–H groups in total. The first-order valence-electron chi connectivity index (χ1n) is 8.96. The number of anilines is 1. The van der Waals surface area contributed by atoms with Gasteiger partial charge in [0.1, 0.15) is 11.8 Å². The van der Waals surface area contributed by atoms with Crippen LogP contribution in [0.25, 0.3) is 0 Å². The molecule has 176 valence electrons. The standard InChI is InChI=1S/C19H19F5N2O4S2/c1-31-10-9-16(17(27)25-13-5-7-14(8-6-13)30-18(20)21)26-32(28,29)15-4-2-3-12(11-15)19(22,23)24/h2-8,11,16,18,26H,9-10H2,1H3,(H,25,27)/t16-/m0/s1. The number of thioether (sulfide) groups is 1. The number of carbonyl (C=O) groups is 1. The maximum atomic E-state index is 12.9. The first kappa shape index (κ1) is 25.9. The number of carbonyl (C=O) groups excluding carboxylic acids is 1. The minimum absolute atomic E-state index is 0.0533. The Balaban J connectivity index is 2.19. The number of rotatable bonds is 10. The Bertz CT molecular complexity index is 1020. The van der Waals surface area contributed by atoms with Gasteiger partial charge in [-0.25, -0.2) is 8.42 Å². The molecule has 0 fully saturated rings. The van der Waals surface area contributed by atoms with Gasteiger partial charge in [-0.05, 0) is 60.9 Å². The number of benzene rings is 2. The molecule has 0 spiro atoms. The van der Waals surface area contributed by atoms with E-state index >= 15 is 0 Å². The second-order valence-electron chi connectivity index (χ2n) is 6.37. The number of hydrogen-bond acceptors (Lipinski definition) is 5. The number of hydrogen-bond donors (Lipinski definition) is 2. The maximum absolute atomic E-state index is 12.9. The fourth-order valence-corrected chi connectivity index (χ4v) is 4.27. The number of nitrogens with one attached hydrogen (secondary N) is 2. The molecule has 0 unspecified atom stereocenters. The molecule has 1 atom stereocenters. The van der Waals surface area contributed by atoms with Crippen LogP contribution in [0.3, 0.4) is 0 Å². The van der Waals surface area contributed by atoms with E-state index in [9.17, 15) is 35.2 Å². The zero-order valence-corrected chi connectivity index (χ0v) is 18.2. The summed E-state index contributed by atoms with van der Waals surface area (Å²) in [5, 5.41) is 2.44. The zero-order chi connectivity index (χ0) is 23.9. The van der Waals surface area contributed by atoms with Crippen LogP contribution in [0.1, 0.15) is 12.0 Å². The largest absolute Gasteiger partial charge is 0.435 e. The van der Waals surface area contributed by atoms with E-state index in [1.807, 2.05) is 0 Å². The average molecular weight is 498 g/mol. The molecule has 32 heavy (non-hydrogen) atoms. The van der Waals surface area contributed by atoms with E-state index in [1.165, 1.54) is 36.0 Å². The first-order valence-corrected chi connectivity index (χ1v) is 11.8. The molecule has 0 aliphatic heterocycles. The lowest BCUT2D eigenvalue weighted by molar-refractivity contribution is -0.137. The Labute approximate surface area is 185 Å². The van der Waals surface area contributed by atoms with Gasteiger partial charge in [-0.1, -0.05) is 6.07 Å². The summed E-state index contributed by atoms with van der Waals surface area (Å²) in [7, 11) is -4.45. The van der Waals surface area contributed by atoms with Crippen molar-refractivity contribution < 1.29 is 39.9 Å². The summed E-state index contributed by atoms with van der Waals surface area (Å²) >= 11 is 1.34. The van der Waals surface area contributed by atoms with Gasteiger partial charge in [-0.15, -0.1) is 0 Å². The molecule has 0 bridgehead atoms. The van der Waals surface area contributed by atoms with E-state index in [1.54, 1.807) is 6.26 Å². The lowest BCUT2D eigenvalue weighted by Crippen LogP contribution is -2.44. The average Bonchev–Trinajstić information content (AvgIpc) is 2.71. The highest BCUT2D eigenvalue weighted by atomic mass is 32.2. The maximum Gasteiger partial charge on any atom is 0.416 e. The Kier molecular flexibility index (Phi) is 8.87. The van der Waals surface area contributed by atoms with Crippen molar-refractivity contribution in [2.45, 2.75) is 30.1 Å². The zero-order valence-electron chi connectivity index (χ0n) is 16.5. The quantitative estimate of drug-likeness (QED) is 0.476. The van der Waals surface area contributed by atoms with E-state index in [-0.39, 0.29) is 17.9 Å². The van der Waals surface area contributed by atoms with Gasteiger partial charge >= 0.3 is 12.8 Å². The van der Waals surface area contributed by atoms with E-state index in [4.69, 9.17) is 0 Å². The van der Waals surface area contributed by atoms with E-state index < -0.39 is 45.2 Å². The Hall–Kier alpha value is -2.38. The summed E-state index contributed by atoms with van der Waals surface area (Å²) in [6.07, 6.45) is -2.95. The Morgan fingerprint density at radius 2 is 1.78 bits per heavy atom. The van der Waals surface area contributed by atoms with Crippen molar-refractivity contribution in [3.63, 3.8) is 0 Å². The van der Waals surface area contributed by atoms with E-state index in [2.05, 4.69) is 14.8 Å². The summed E-state index contributed by atoms with van der Waals surface area (Å²) < 4.78 is 94.8. The monoisotopic (exact) mass is 498 g/mol. The van der Waals surface area contributed by atoms with E-state index in [0.717, 1.165) is 18.2 Å². The summed E-state index contributed by atoms with van der Waals surface area (Å²) in [6, 6.07) is 6.80. The van der Waals surface area contributed by atoms with Crippen LogP contribution < -0.4 is 14.8 Å². The fraction of sp³-hybridized carbons (Fsp3) is 0.316. The second-order valence-corrected chi connectivity index (χ2v) is 9.07. The molecule has 0 heterocycles. The lowest BCUT2D eigenvalue weighted by atomic mass is 10.2. The molecular weight excluding hydrogens is 479 g/mol. The van der Waals surface area contributed by atoms with Crippen LogP contribution in [0.2, 0.25) is 0 Å². The third-order valence-electron chi connectivity index (χ3n) is 4.04. The van der Waals surface area contributed by atoms with Crippen molar-refractivity contribution in [1.29, 1.82) is 0 Å². The van der Waals surface area contributed by atoms with Crippen LogP contribution in [0.4, 0.5) is 27.6 Å². The molecule has 0 saturated carbocycles. The summed E-state index contributed by atoms with van der Waals surface area (Å²) in [4.78, 5) is 12.0. The molecule has 2 rings (SSSR count). The van der Waals surface area contributed by atoms with Gasteiger partial charge in [0, 0.05) is 5.69 Å². The molecule has 1 amide bonds. The Morgan fingerprint density at radius 1 is 1.12 bits per heavy atom. The molecule has 2 aromatic rings. The topological polar surface area (TPSA) is 84.5 Å².